The fourth-order valence-corrected chi connectivity index (χ4v) is 2.31. The van der Waals surface area contributed by atoms with E-state index in [-0.39, 0.29) is 17.3 Å². The average Bonchev–Trinajstić information content (AvgIpc) is 2.40. The van der Waals surface area contributed by atoms with Gasteiger partial charge >= 0.3 is 5.97 Å². The van der Waals surface area contributed by atoms with Crippen molar-refractivity contribution in [1.29, 1.82) is 0 Å². The summed E-state index contributed by atoms with van der Waals surface area (Å²) in [4.78, 5) is 15.8. The normalized spacial score (nSPS) is 10.3. The molecule has 1 aromatic carbocycles. The van der Waals surface area contributed by atoms with Crippen LogP contribution in [0.3, 0.4) is 0 Å². The maximum Gasteiger partial charge on any atom is 0.341 e. The molecule has 0 N–H and O–H groups in total. The topological polar surface area (TPSA) is 39.2 Å². The number of hydrogen-bond acceptors (Lipinski definition) is 3. The fourth-order valence-electron chi connectivity index (χ4n) is 1.40. The lowest BCUT2D eigenvalue weighted by Crippen LogP contribution is -2.07. The van der Waals surface area contributed by atoms with E-state index < -0.39 is 5.97 Å². The molecule has 0 atom stereocenters. The molecule has 0 saturated carbocycles. The van der Waals surface area contributed by atoms with E-state index in [4.69, 9.17) is 16.3 Å². The summed E-state index contributed by atoms with van der Waals surface area (Å²) in [6.45, 7) is 0.170. The minimum Gasteiger partial charge on any atom is -0.457 e. The highest BCUT2D eigenvalue weighted by Crippen LogP contribution is 2.21. The molecule has 0 aliphatic rings. The second-order valence-corrected chi connectivity index (χ2v) is 5.79. The van der Waals surface area contributed by atoms with Gasteiger partial charge in [-0.05, 0) is 28.1 Å². The highest BCUT2D eigenvalue weighted by molar-refractivity contribution is 9.10. The molecule has 2 aromatic rings. The molecule has 3 nitrogen and oxygen atoms in total. The van der Waals surface area contributed by atoms with Crippen LogP contribution >= 0.6 is 43.5 Å². The number of aromatic nitrogens is 1. The monoisotopic (exact) mass is 403 g/mol. The SMILES string of the molecule is O=C(OCc1ccccc1Br)c1cc(Br)cnc1Cl. The van der Waals surface area contributed by atoms with E-state index in [0.717, 1.165) is 10.0 Å². The zero-order valence-electron chi connectivity index (χ0n) is 9.57. The van der Waals surface area contributed by atoms with Gasteiger partial charge in [-0.3, -0.25) is 0 Å². The van der Waals surface area contributed by atoms with Crippen molar-refractivity contribution < 1.29 is 9.53 Å². The molecule has 0 amide bonds. The summed E-state index contributed by atoms with van der Waals surface area (Å²) in [7, 11) is 0. The molecule has 0 aliphatic heterocycles. The summed E-state index contributed by atoms with van der Waals surface area (Å²) in [5, 5.41) is 0.125. The Balaban J connectivity index is 2.10. The fraction of sp³-hybridized carbons (Fsp3) is 0.0769. The summed E-state index contributed by atoms with van der Waals surface area (Å²) in [5.41, 5.74) is 1.12. The standard InChI is InChI=1S/C13H8Br2ClNO2/c14-9-5-10(12(16)17-6-9)13(18)19-7-8-3-1-2-4-11(8)15/h1-6H,7H2. The van der Waals surface area contributed by atoms with Crippen LogP contribution < -0.4 is 0 Å². The van der Waals surface area contributed by atoms with Gasteiger partial charge in [0, 0.05) is 20.7 Å². The van der Waals surface area contributed by atoms with Gasteiger partial charge in [0.2, 0.25) is 0 Å². The molecule has 2 rings (SSSR count). The first kappa shape index (κ1) is 14.5. The number of rotatable bonds is 3. The van der Waals surface area contributed by atoms with Gasteiger partial charge in [-0.25, -0.2) is 9.78 Å². The maximum absolute atomic E-state index is 11.9. The predicted molar refractivity (Wildman–Crippen MR) is 80.2 cm³/mol. The minimum atomic E-state index is -0.505. The van der Waals surface area contributed by atoms with E-state index in [1.165, 1.54) is 6.20 Å². The second-order valence-electron chi connectivity index (χ2n) is 3.66. The third kappa shape index (κ3) is 3.78. The van der Waals surface area contributed by atoms with E-state index in [2.05, 4.69) is 36.8 Å². The van der Waals surface area contributed by atoms with Gasteiger partial charge in [-0.15, -0.1) is 0 Å². The molecule has 1 heterocycles. The van der Waals surface area contributed by atoms with Crippen LogP contribution in [0.1, 0.15) is 15.9 Å². The summed E-state index contributed by atoms with van der Waals surface area (Å²) < 4.78 is 6.78. The van der Waals surface area contributed by atoms with Crippen molar-refractivity contribution in [3.63, 3.8) is 0 Å². The smallest absolute Gasteiger partial charge is 0.341 e. The molecule has 0 saturated heterocycles. The van der Waals surface area contributed by atoms with Crippen molar-refractivity contribution in [3.05, 3.63) is 61.8 Å². The van der Waals surface area contributed by atoms with Crippen molar-refractivity contribution in [2.24, 2.45) is 0 Å². The first-order valence-corrected chi connectivity index (χ1v) is 7.26. The van der Waals surface area contributed by atoms with E-state index >= 15 is 0 Å². The first-order chi connectivity index (χ1) is 9.08. The Kier molecular flexibility index (Phi) is 4.96. The van der Waals surface area contributed by atoms with Crippen LogP contribution in [0.25, 0.3) is 0 Å². The Morgan fingerprint density at radius 1 is 1.32 bits per heavy atom. The zero-order valence-corrected chi connectivity index (χ0v) is 13.5. The van der Waals surface area contributed by atoms with Crippen LogP contribution in [0.4, 0.5) is 0 Å². The lowest BCUT2D eigenvalue weighted by molar-refractivity contribution is 0.0471. The van der Waals surface area contributed by atoms with Crippen LogP contribution in [0.2, 0.25) is 5.15 Å². The number of halogens is 3. The number of ether oxygens (including phenoxy) is 1. The predicted octanol–water partition coefficient (Wildman–Crippen LogP) is 4.62. The van der Waals surface area contributed by atoms with Crippen molar-refractivity contribution in [2.75, 3.05) is 0 Å². The Hall–Kier alpha value is -0.910. The Bertz CT molecular complexity index is 619. The summed E-state index contributed by atoms with van der Waals surface area (Å²) in [6.07, 6.45) is 1.52. The third-order valence-electron chi connectivity index (χ3n) is 2.34. The van der Waals surface area contributed by atoms with E-state index in [1.54, 1.807) is 6.07 Å². The summed E-state index contributed by atoms with van der Waals surface area (Å²) in [5.74, 6) is -0.505. The van der Waals surface area contributed by atoms with Crippen LogP contribution in [-0.4, -0.2) is 11.0 Å². The number of pyridine rings is 1. The molecular formula is C13H8Br2ClNO2. The van der Waals surface area contributed by atoms with Crippen LogP contribution in [0, 0.1) is 0 Å². The van der Waals surface area contributed by atoms with Gasteiger partial charge in [0.1, 0.15) is 11.8 Å². The molecule has 1 aromatic heterocycles. The Morgan fingerprint density at radius 3 is 2.79 bits per heavy atom. The molecule has 0 fully saturated rings. The molecule has 0 radical (unpaired) electrons. The minimum absolute atomic E-state index is 0.125. The lowest BCUT2D eigenvalue weighted by atomic mass is 10.2. The van der Waals surface area contributed by atoms with Gasteiger partial charge in [-0.1, -0.05) is 45.7 Å². The second kappa shape index (κ2) is 6.50. The molecule has 19 heavy (non-hydrogen) atoms. The molecular weight excluding hydrogens is 397 g/mol. The van der Waals surface area contributed by atoms with E-state index in [1.807, 2.05) is 24.3 Å². The summed E-state index contributed by atoms with van der Waals surface area (Å²) in [6, 6.07) is 9.11. The molecule has 0 bridgehead atoms. The van der Waals surface area contributed by atoms with Crippen molar-refractivity contribution >= 4 is 49.4 Å². The van der Waals surface area contributed by atoms with E-state index in [9.17, 15) is 4.79 Å². The average molecular weight is 405 g/mol. The van der Waals surface area contributed by atoms with Gasteiger partial charge in [0.25, 0.3) is 0 Å². The zero-order chi connectivity index (χ0) is 13.8. The Morgan fingerprint density at radius 2 is 2.05 bits per heavy atom. The molecule has 98 valence electrons. The lowest BCUT2D eigenvalue weighted by Gasteiger charge is -2.07. The molecule has 6 heteroatoms. The van der Waals surface area contributed by atoms with Crippen LogP contribution in [0.5, 0.6) is 0 Å². The molecule has 0 aliphatic carbocycles. The van der Waals surface area contributed by atoms with Crippen LogP contribution in [-0.2, 0) is 11.3 Å². The number of carbonyl (C=O) groups excluding carboxylic acids is 1. The van der Waals surface area contributed by atoms with Gasteiger partial charge in [-0.2, -0.15) is 0 Å². The molecule has 0 unspecified atom stereocenters. The maximum atomic E-state index is 11.9. The highest BCUT2D eigenvalue weighted by Gasteiger charge is 2.14. The van der Waals surface area contributed by atoms with E-state index in [0.29, 0.717) is 4.47 Å². The van der Waals surface area contributed by atoms with Crippen LogP contribution in [0.15, 0.2) is 45.5 Å². The van der Waals surface area contributed by atoms with Gasteiger partial charge in [0.15, 0.2) is 0 Å². The van der Waals surface area contributed by atoms with Crippen molar-refractivity contribution in [3.8, 4) is 0 Å². The van der Waals surface area contributed by atoms with Crippen molar-refractivity contribution in [1.82, 2.24) is 4.98 Å². The number of benzene rings is 1. The number of esters is 1. The first-order valence-electron chi connectivity index (χ1n) is 5.29. The number of nitrogens with zero attached hydrogens (tertiary/aromatic N) is 1. The Labute approximate surface area is 132 Å². The molecule has 0 spiro atoms. The largest absolute Gasteiger partial charge is 0.457 e. The third-order valence-corrected chi connectivity index (χ3v) is 3.85. The quantitative estimate of drug-likeness (QED) is 0.553. The number of carbonyl (C=O) groups is 1. The highest BCUT2D eigenvalue weighted by atomic mass is 79.9. The van der Waals surface area contributed by atoms with Gasteiger partial charge < -0.3 is 4.74 Å². The summed E-state index contributed by atoms with van der Waals surface area (Å²) >= 11 is 12.5. The van der Waals surface area contributed by atoms with Crippen molar-refractivity contribution in [2.45, 2.75) is 6.61 Å². The van der Waals surface area contributed by atoms with Gasteiger partial charge in [0.05, 0.1) is 5.56 Å². The number of hydrogen-bond donors (Lipinski definition) is 0.